The van der Waals surface area contributed by atoms with Gasteiger partial charge in [0.25, 0.3) is 5.91 Å². The molecule has 4 rings (SSSR count). The summed E-state index contributed by atoms with van der Waals surface area (Å²) in [7, 11) is 0. The van der Waals surface area contributed by atoms with Crippen molar-refractivity contribution in [2.75, 3.05) is 31.1 Å². The topological polar surface area (TPSA) is 52.6 Å². The van der Waals surface area contributed by atoms with Crippen LogP contribution in [0, 0.1) is 13.8 Å². The highest BCUT2D eigenvalue weighted by molar-refractivity contribution is 5.97. The van der Waals surface area contributed by atoms with Crippen LogP contribution in [-0.2, 0) is 11.2 Å². The zero-order valence-electron chi connectivity index (χ0n) is 19.3. The second-order valence-corrected chi connectivity index (χ2v) is 8.61. The van der Waals surface area contributed by atoms with E-state index in [-0.39, 0.29) is 11.8 Å². The van der Waals surface area contributed by atoms with Crippen molar-refractivity contribution in [1.29, 1.82) is 0 Å². The van der Waals surface area contributed by atoms with Crippen molar-refractivity contribution < 1.29 is 9.59 Å². The third-order valence-electron chi connectivity index (χ3n) is 6.43. The molecule has 1 aliphatic heterocycles. The van der Waals surface area contributed by atoms with Crippen molar-refractivity contribution in [1.82, 2.24) is 10.2 Å². The van der Waals surface area contributed by atoms with Gasteiger partial charge in [0.2, 0.25) is 5.91 Å². The predicted octanol–water partition coefficient (Wildman–Crippen LogP) is 3.99. The number of amides is 2. The molecule has 3 aromatic carbocycles. The van der Waals surface area contributed by atoms with Gasteiger partial charge in [0.05, 0.1) is 0 Å². The predicted molar refractivity (Wildman–Crippen MR) is 133 cm³/mol. The van der Waals surface area contributed by atoms with Crippen molar-refractivity contribution in [2.45, 2.75) is 26.3 Å². The maximum Gasteiger partial charge on any atom is 0.251 e. The fraction of sp³-hybridized carbons (Fsp3) is 0.286. The van der Waals surface area contributed by atoms with Crippen LogP contribution in [0.4, 0.5) is 5.69 Å². The lowest BCUT2D eigenvalue weighted by atomic mass is 10.0. The van der Waals surface area contributed by atoms with Gasteiger partial charge in [0.15, 0.2) is 0 Å². The lowest BCUT2D eigenvalue weighted by Gasteiger charge is -2.38. The lowest BCUT2D eigenvalue weighted by molar-refractivity contribution is -0.133. The first-order valence-electron chi connectivity index (χ1n) is 11.5. The van der Waals surface area contributed by atoms with E-state index in [2.05, 4.69) is 42.3 Å². The molecule has 1 fully saturated rings. The van der Waals surface area contributed by atoms with Crippen molar-refractivity contribution in [3.8, 4) is 0 Å². The first-order chi connectivity index (χ1) is 16.0. The van der Waals surface area contributed by atoms with Gasteiger partial charge in [-0.2, -0.15) is 0 Å². The van der Waals surface area contributed by atoms with E-state index < -0.39 is 6.04 Å². The van der Waals surface area contributed by atoms with Crippen molar-refractivity contribution in [2.24, 2.45) is 0 Å². The molecule has 1 saturated heterocycles. The van der Waals surface area contributed by atoms with Gasteiger partial charge in [-0.25, -0.2) is 0 Å². The van der Waals surface area contributed by atoms with Crippen molar-refractivity contribution in [3.63, 3.8) is 0 Å². The molecule has 33 heavy (non-hydrogen) atoms. The van der Waals surface area contributed by atoms with E-state index in [0.717, 1.165) is 18.7 Å². The molecular formula is C28H31N3O2. The number of carbonyl (C=O) groups excluding carboxylic acids is 2. The second kappa shape index (κ2) is 10.3. The maximum absolute atomic E-state index is 13.5. The van der Waals surface area contributed by atoms with Gasteiger partial charge in [-0.3, -0.25) is 9.59 Å². The Hall–Kier alpha value is -3.60. The fourth-order valence-electron chi connectivity index (χ4n) is 4.35. The fourth-order valence-corrected chi connectivity index (χ4v) is 4.35. The lowest BCUT2D eigenvalue weighted by Crippen LogP contribution is -2.55. The summed E-state index contributed by atoms with van der Waals surface area (Å²) >= 11 is 0. The highest BCUT2D eigenvalue weighted by atomic mass is 16.2. The number of piperazine rings is 1. The highest BCUT2D eigenvalue weighted by Crippen LogP contribution is 2.24. The molecule has 5 heteroatoms. The average Bonchev–Trinajstić information content (AvgIpc) is 2.86. The molecule has 170 valence electrons. The van der Waals surface area contributed by atoms with E-state index in [1.165, 1.54) is 16.8 Å². The largest absolute Gasteiger partial charge is 0.368 e. The van der Waals surface area contributed by atoms with E-state index in [4.69, 9.17) is 0 Å². The van der Waals surface area contributed by atoms with Crippen LogP contribution in [-0.4, -0.2) is 48.9 Å². The molecule has 1 N–H and O–H groups in total. The van der Waals surface area contributed by atoms with Crippen LogP contribution in [0.25, 0.3) is 0 Å². The Bertz CT molecular complexity index is 1090. The Balaban J connectivity index is 1.46. The van der Waals surface area contributed by atoms with Crippen LogP contribution in [0.1, 0.15) is 27.0 Å². The number of nitrogens with zero attached hydrogens (tertiary/aromatic N) is 2. The minimum Gasteiger partial charge on any atom is -0.368 e. The zero-order chi connectivity index (χ0) is 23.2. The molecule has 5 nitrogen and oxygen atoms in total. The molecule has 3 aromatic rings. The molecule has 0 aliphatic carbocycles. The van der Waals surface area contributed by atoms with E-state index in [1.54, 1.807) is 12.1 Å². The quantitative estimate of drug-likeness (QED) is 0.629. The van der Waals surface area contributed by atoms with Crippen LogP contribution in [0.5, 0.6) is 0 Å². The highest BCUT2D eigenvalue weighted by Gasteiger charge is 2.29. The van der Waals surface area contributed by atoms with E-state index in [1.807, 2.05) is 53.4 Å². The molecule has 1 unspecified atom stereocenters. The summed E-state index contributed by atoms with van der Waals surface area (Å²) in [6.07, 6.45) is 0.468. The van der Waals surface area contributed by atoms with Crippen molar-refractivity contribution in [3.05, 3.63) is 101 Å². The van der Waals surface area contributed by atoms with Crippen LogP contribution >= 0.6 is 0 Å². The molecule has 1 atom stereocenters. The molecule has 0 bridgehead atoms. The second-order valence-electron chi connectivity index (χ2n) is 8.61. The normalized spacial score (nSPS) is 14.6. The van der Waals surface area contributed by atoms with Gasteiger partial charge in [0, 0.05) is 43.9 Å². The SMILES string of the molecule is Cc1cccc(N2CCN(C(=O)C(Cc3ccccc3)NC(=O)c3ccccc3)CC2)c1C. The molecule has 0 radical (unpaired) electrons. The Labute approximate surface area is 196 Å². The Morgan fingerprint density at radius 3 is 2.12 bits per heavy atom. The summed E-state index contributed by atoms with van der Waals surface area (Å²) in [4.78, 5) is 30.6. The summed E-state index contributed by atoms with van der Waals surface area (Å²) in [5.74, 6) is -0.248. The summed E-state index contributed by atoms with van der Waals surface area (Å²) in [6, 6.07) is 24.7. The van der Waals surface area contributed by atoms with Gasteiger partial charge in [-0.15, -0.1) is 0 Å². The molecule has 0 aromatic heterocycles. The van der Waals surface area contributed by atoms with Crippen LogP contribution < -0.4 is 10.2 Å². The number of aryl methyl sites for hydroxylation is 1. The number of nitrogens with one attached hydrogen (secondary N) is 1. The standard InChI is InChI=1S/C28H31N3O2/c1-21-10-9-15-26(22(21)2)30-16-18-31(19-17-30)28(33)25(20-23-11-5-3-6-12-23)29-27(32)24-13-7-4-8-14-24/h3-15,25H,16-20H2,1-2H3,(H,29,32). The molecule has 1 aliphatic rings. The Morgan fingerprint density at radius 2 is 1.45 bits per heavy atom. The minimum absolute atomic E-state index is 0.0243. The first kappa shape index (κ1) is 22.6. The molecule has 1 heterocycles. The maximum atomic E-state index is 13.5. The zero-order valence-corrected chi connectivity index (χ0v) is 19.3. The summed E-state index contributed by atoms with van der Waals surface area (Å²) in [5, 5.41) is 2.99. The molecule has 0 spiro atoms. The van der Waals surface area contributed by atoms with Gasteiger partial charge in [-0.05, 0) is 48.7 Å². The monoisotopic (exact) mass is 441 g/mol. The Kier molecular flexibility index (Phi) is 7.08. The third-order valence-corrected chi connectivity index (χ3v) is 6.43. The summed E-state index contributed by atoms with van der Waals surface area (Å²) in [6.45, 7) is 7.11. The van der Waals surface area contributed by atoms with Gasteiger partial charge in [-0.1, -0.05) is 60.7 Å². The van der Waals surface area contributed by atoms with Crippen LogP contribution in [0.2, 0.25) is 0 Å². The summed E-state index contributed by atoms with van der Waals surface area (Å²) in [5.41, 5.74) is 5.38. The number of benzene rings is 3. The molecule has 0 saturated carbocycles. The number of hydrogen-bond donors (Lipinski definition) is 1. The van der Waals surface area contributed by atoms with Gasteiger partial charge >= 0.3 is 0 Å². The van der Waals surface area contributed by atoms with E-state index in [0.29, 0.717) is 25.1 Å². The number of anilines is 1. The van der Waals surface area contributed by atoms with E-state index in [9.17, 15) is 9.59 Å². The van der Waals surface area contributed by atoms with Gasteiger partial charge < -0.3 is 15.1 Å². The summed E-state index contributed by atoms with van der Waals surface area (Å²) < 4.78 is 0. The minimum atomic E-state index is -0.604. The molecule has 2 amide bonds. The van der Waals surface area contributed by atoms with Gasteiger partial charge in [0.1, 0.15) is 6.04 Å². The van der Waals surface area contributed by atoms with Crippen molar-refractivity contribution >= 4 is 17.5 Å². The Morgan fingerprint density at radius 1 is 0.818 bits per heavy atom. The average molecular weight is 442 g/mol. The van der Waals surface area contributed by atoms with Crippen LogP contribution in [0.15, 0.2) is 78.9 Å². The smallest absolute Gasteiger partial charge is 0.251 e. The molecular weight excluding hydrogens is 410 g/mol. The number of hydrogen-bond acceptors (Lipinski definition) is 3. The first-order valence-corrected chi connectivity index (χ1v) is 11.5. The van der Waals surface area contributed by atoms with E-state index >= 15 is 0 Å². The number of carbonyl (C=O) groups is 2. The van der Waals surface area contributed by atoms with Crippen LogP contribution in [0.3, 0.4) is 0 Å². The number of rotatable bonds is 6. The third kappa shape index (κ3) is 5.43.